The highest BCUT2D eigenvalue weighted by Gasteiger charge is 2.33. The van der Waals surface area contributed by atoms with Crippen molar-refractivity contribution in [2.24, 2.45) is 0 Å². The minimum absolute atomic E-state index is 0.0243. The Labute approximate surface area is 84.7 Å². The minimum Gasteiger partial charge on any atom is -0.380 e. The molecule has 1 aliphatic rings. The molecule has 0 saturated carbocycles. The van der Waals surface area contributed by atoms with E-state index in [1.165, 1.54) is 0 Å². The Balaban J connectivity index is 2.40. The van der Waals surface area contributed by atoms with Crippen LogP contribution in [0.3, 0.4) is 0 Å². The van der Waals surface area contributed by atoms with Crippen molar-refractivity contribution in [3.63, 3.8) is 0 Å². The van der Waals surface area contributed by atoms with Crippen molar-refractivity contribution in [1.82, 2.24) is 0 Å². The fourth-order valence-electron chi connectivity index (χ4n) is 1.35. The van der Waals surface area contributed by atoms with E-state index in [2.05, 4.69) is 0 Å². The monoisotopic (exact) mass is 220 g/mol. The molecular weight excluding hydrogens is 206 g/mol. The normalized spacial score (nSPS) is 36.9. The van der Waals surface area contributed by atoms with Crippen LogP contribution in [0.4, 0.5) is 0 Å². The van der Waals surface area contributed by atoms with Gasteiger partial charge in [-0.15, -0.1) is 0 Å². The lowest BCUT2D eigenvalue weighted by molar-refractivity contribution is -0.0163. The van der Waals surface area contributed by atoms with Crippen molar-refractivity contribution < 1.29 is 23.5 Å². The number of hydrogen-bond acceptors (Lipinski definition) is 4. The molecule has 1 heterocycles. The van der Waals surface area contributed by atoms with Crippen LogP contribution in [-0.4, -0.2) is 51.3 Å². The molecule has 0 aliphatic carbocycles. The molecule has 14 heavy (non-hydrogen) atoms. The van der Waals surface area contributed by atoms with Gasteiger partial charge in [0.15, 0.2) is 0 Å². The summed E-state index contributed by atoms with van der Waals surface area (Å²) in [5.41, 5.74) is 0. The SMILES string of the molecule is [B]C1C[C@@H](OC)C(COP(C)(=O)O)O1. The van der Waals surface area contributed by atoms with Crippen molar-refractivity contribution in [2.45, 2.75) is 24.6 Å². The highest BCUT2D eigenvalue weighted by Crippen LogP contribution is 2.37. The molecule has 1 saturated heterocycles. The lowest BCUT2D eigenvalue weighted by atomic mass is 9.96. The topological polar surface area (TPSA) is 65.0 Å². The van der Waals surface area contributed by atoms with Gasteiger partial charge in [0.1, 0.15) is 14.0 Å². The fraction of sp³-hybridized carbons (Fsp3) is 1.00. The van der Waals surface area contributed by atoms with Crippen molar-refractivity contribution in [3.05, 3.63) is 0 Å². The average molecular weight is 220 g/mol. The molecule has 0 amide bonds. The van der Waals surface area contributed by atoms with Gasteiger partial charge in [-0.3, -0.25) is 4.57 Å². The van der Waals surface area contributed by atoms with E-state index in [1.54, 1.807) is 7.11 Å². The van der Waals surface area contributed by atoms with Crippen LogP contribution in [0.25, 0.3) is 0 Å². The zero-order chi connectivity index (χ0) is 10.8. The van der Waals surface area contributed by atoms with Gasteiger partial charge in [-0.2, -0.15) is 0 Å². The summed E-state index contributed by atoms with van der Waals surface area (Å²) in [6, 6.07) is -0.386. The Morgan fingerprint density at radius 2 is 2.36 bits per heavy atom. The summed E-state index contributed by atoms with van der Waals surface area (Å²) in [5, 5.41) is 0. The maximum Gasteiger partial charge on any atom is 0.325 e. The highest BCUT2D eigenvalue weighted by molar-refractivity contribution is 7.51. The van der Waals surface area contributed by atoms with E-state index in [4.69, 9.17) is 26.7 Å². The molecule has 0 aromatic heterocycles. The molecule has 1 rings (SSSR count). The van der Waals surface area contributed by atoms with Gasteiger partial charge in [0.25, 0.3) is 0 Å². The van der Waals surface area contributed by atoms with E-state index < -0.39 is 7.60 Å². The first-order chi connectivity index (χ1) is 6.42. The van der Waals surface area contributed by atoms with Crippen LogP contribution in [0.2, 0.25) is 0 Å². The second-order valence-corrected chi connectivity index (χ2v) is 5.19. The van der Waals surface area contributed by atoms with Gasteiger partial charge in [-0.05, 0) is 6.42 Å². The van der Waals surface area contributed by atoms with Crippen molar-refractivity contribution in [1.29, 1.82) is 0 Å². The van der Waals surface area contributed by atoms with E-state index in [-0.39, 0.29) is 24.8 Å². The maximum atomic E-state index is 10.9. The average Bonchev–Trinajstić information content (AvgIpc) is 2.41. The van der Waals surface area contributed by atoms with E-state index in [9.17, 15) is 4.57 Å². The maximum absolute atomic E-state index is 10.9. The van der Waals surface area contributed by atoms with E-state index in [0.717, 1.165) is 6.66 Å². The third-order valence-corrected chi connectivity index (χ3v) is 2.64. The van der Waals surface area contributed by atoms with Crippen LogP contribution < -0.4 is 0 Å². The first-order valence-corrected chi connectivity index (χ1v) is 6.33. The van der Waals surface area contributed by atoms with Crippen LogP contribution in [0.5, 0.6) is 0 Å². The van der Waals surface area contributed by atoms with Gasteiger partial charge >= 0.3 is 7.60 Å². The largest absolute Gasteiger partial charge is 0.380 e. The predicted octanol–water partition coefficient (Wildman–Crippen LogP) is 0.117. The molecule has 1 N–H and O–H groups in total. The Morgan fingerprint density at radius 1 is 1.71 bits per heavy atom. The molecular formula is C7H14BO5P. The Hall–Kier alpha value is 0.135. The van der Waals surface area contributed by atoms with Gasteiger partial charge < -0.3 is 18.9 Å². The minimum atomic E-state index is -3.45. The lowest BCUT2D eigenvalue weighted by Crippen LogP contribution is -2.27. The fourth-order valence-corrected chi connectivity index (χ4v) is 1.78. The van der Waals surface area contributed by atoms with Crippen LogP contribution in [-0.2, 0) is 18.6 Å². The summed E-state index contributed by atoms with van der Waals surface area (Å²) in [6.07, 6.45) is 0.0382. The second-order valence-electron chi connectivity index (χ2n) is 3.32. The molecule has 0 spiro atoms. The predicted molar refractivity (Wildman–Crippen MR) is 51.5 cm³/mol. The smallest absolute Gasteiger partial charge is 0.325 e. The zero-order valence-corrected chi connectivity index (χ0v) is 9.15. The Bertz CT molecular complexity index is 230. The summed E-state index contributed by atoms with van der Waals surface area (Å²) >= 11 is 0. The van der Waals surface area contributed by atoms with Crippen molar-refractivity contribution in [3.8, 4) is 0 Å². The highest BCUT2D eigenvalue weighted by atomic mass is 31.2. The first kappa shape index (κ1) is 12.2. The second kappa shape index (κ2) is 4.77. The van der Waals surface area contributed by atoms with E-state index in [0.29, 0.717) is 6.42 Å². The molecule has 1 fully saturated rings. The molecule has 1 aliphatic heterocycles. The molecule has 80 valence electrons. The van der Waals surface area contributed by atoms with Gasteiger partial charge in [-0.25, -0.2) is 0 Å². The molecule has 0 aromatic carbocycles. The molecule has 7 heteroatoms. The first-order valence-electron chi connectivity index (χ1n) is 4.31. The molecule has 2 radical (unpaired) electrons. The van der Waals surface area contributed by atoms with Gasteiger partial charge in [0.2, 0.25) is 0 Å². The third kappa shape index (κ3) is 3.71. The van der Waals surface area contributed by atoms with E-state index >= 15 is 0 Å². The van der Waals surface area contributed by atoms with Crippen LogP contribution in [0.15, 0.2) is 0 Å². The summed E-state index contributed by atoms with van der Waals surface area (Å²) in [4.78, 5) is 8.91. The Kier molecular flexibility index (Phi) is 4.16. The van der Waals surface area contributed by atoms with Crippen LogP contribution >= 0.6 is 7.60 Å². The van der Waals surface area contributed by atoms with Crippen LogP contribution in [0.1, 0.15) is 6.42 Å². The van der Waals surface area contributed by atoms with Crippen LogP contribution in [0, 0.1) is 0 Å². The summed E-state index contributed by atoms with van der Waals surface area (Å²) in [5.74, 6) is 0. The Morgan fingerprint density at radius 3 is 2.86 bits per heavy atom. The molecule has 4 atom stereocenters. The number of hydrogen-bond donors (Lipinski definition) is 1. The van der Waals surface area contributed by atoms with E-state index in [1.807, 2.05) is 0 Å². The van der Waals surface area contributed by atoms with Gasteiger partial charge in [-0.1, -0.05) is 0 Å². The molecule has 3 unspecified atom stereocenters. The number of methoxy groups -OCH3 is 1. The molecule has 0 bridgehead atoms. The van der Waals surface area contributed by atoms with Gasteiger partial charge in [0, 0.05) is 19.8 Å². The summed E-state index contributed by atoms with van der Waals surface area (Å²) in [6.45, 7) is 1.15. The van der Waals surface area contributed by atoms with Gasteiger partial charge in [0.05, 0.1) is 12.7 Å². The number of rotatable bonds is 4. The van der Waals surface area contributed by atoms with Crippen molar-refractivity contribution in [2.75, 3.05) is 20.4 Å². The standard InChI is InChI=1S/C7H14BO5P/c1-11-5-3-7(8)13-6(5)4-12-14(2,9)10/h5-7H,3-4H2,1-2H3,(H,9,10)/t5-,6?,7?/m1/s1. The number of ether oxygens (including phenoxy) is 2. The molecule has 0 aromatic rings. The lowest BCUT2D eigenvalue weighted by Gasteiger charge is -2.17. The summed E-state index contributed by atoms with van der Waals surface area (Å²) in [7, 11) is 3.63. The third-order valence-electron chi connectivity index (χ3n) is 2.01. The zero-order valence-electron chi connectivity index (χ0n) is 8.25. The quantitative estimate of drug-likeness (QED) is 0.538. The molecule has 5 nitrogen and oxygen atoms in total. The van der Waals surface area contributed by atoms with Crippen molar-refractivity contribution >= 4 is 15.4 Å². The summed E-state index contributed by atoms with van der Waals surface area (Å²) < 4.78 is 26.0.